The number of para-hydroxylation sites is 2. The Kier molecular flexibility index (Phi) is 6.15. The number of carbonyl (C=O) groups excluding carboxylic acids is 1. The fourth-order valence-corrected chi connectivity index (χ4v) is 4.71. The summed E-state index contributed by atoms with van der Waals surface area (Å²) in [6.45, 7) is 2.04. The van der Waals surface area contributed by atoms with Crippen LogP contribution in [0.4, 0.5) is 5.69 Å². The third kappa shape index (κ3) is 4.45. The molecule has 1 unspecified atom stereocenters. The second kappa shape index (κ2) is 9.03. The molecule has 0 spiro atoms. The van der Waals surface area contributed by atoms with Crippen LogP contribution in [0.3, 0.4) is 0 Å². The van der Waals surface area contributed by atoms with Crippen molar-refractivity contribution < 1.29 is 27.4 Å². The highest BCUT2D eigenvalue weighted by Gasteiger charge is 2.24. The lowest BCUT2D eigenvalue weighted by molar-refractivity contribution is 0.0939. The molecule has 3 aromatic rings. The molecule has 1 aliphatic heterocycles. The average Bonchev–Trinajstić information content (AvgIpc) is 3.31. The van der Waals surface area contributed by atoms with E-state index in [0.29, 0.717) is 28.5 Å². The van der Waals surface area contributed by atoms with E-state index in [0.717, 1.165) is 9.87 Å². The first kappa shape index (κ1) is 22.5. The van der Waals surface area contributed by atoms with Crippen molar-refractivity contribution in [3.05, 3.63) is 77.9 Å². The van der Waals surface area contributed by atoms with E-state index in [-0.39, 0.29) is 23.6 Å². The predicted molar refractivity (Wildman–Crippen MR) is 123 cm³/mol. The lowest BCUT2D eigenvalue weighted by Crippen LogP contribution is -2.28. The van der Waals surface area contributed by atoms with Crippen molar-refractivity contribution in [3.63, 3.8) is 0 Å². The summed E-state index contributed by atoms with van der Waals surface area (Å²) in [4.78, 5) is 12.8. The van der Waals surface area contributed by atoms with Crippen molar-refractivity contribution in [1.29, 1.82) is 0 Å². The Morgan fingerprint density at radius 3 is 2.45 bits per heavy atom. The zero-order chi connectivity index (χ0) is 23.6. The minimum Gasteiger partial charge on any atom is -0.495 e. The SMILES string of the molecule is COc1ccccc1N(C)S(=O)(=O)c1ccc(C(=O)NC(C)c2ccc3c(c2)OCO3)cc1. The van der Waals surface area contributed by atoms with Crippen molar-refractivity contribution in [1.82, 2.24) is 5.32 Å². The zero-order valence-corrected chi connectivity index (χ0v) is 19.3. The number of sulfonamides is 1. The number of hydrogen-bond donors (Lipinski definition) is 1. The Balaban J connectivity index is 1.48. The number of nitrogens with one attached hydrogen (secondary N) is 1. The Hall–Kier alpha value is -3.72. The maximum absolute atomic E-state index is 13.1. The molecule has 0 aromatic heterocycles. The fourth-order valence-electron chi connectivity index (χ4n) is 3.50. The smallest absolute Gasteiger partial charge is 0.264 e. The quantitative estimate of drug-likeness (QED) is 0.568. The van der Waals surface area contributed by atoms with Crippen molar-refractivity contribution >= 4 is 21.6 Å². The molecule has 1 N–H and O–H groups in total. The van der Waals surface area contributed by atoms with Crippen LogP contribution in [0.25, 0.3) is 0 Å². The Morgan fingerprint density at radius 1 is 1.03 bits per heavy atom. The van der Waals surface area contributed by atoms with Gasteiger partial charge in [0.15, 0.2) is 11.5 Å². The Bertz CT molecular complexity index is 1270. The number of methoxy groups -OCH3 is 1. The maximum Gasteiger partial charge on any atom is 0.264 e. The molecular formula is C24H24N2O6S. The van der Waals surface area contributed by atoms with Gasteiger partial charge in [-0.3, -0.25) is 9.10 Å². The lowest BCUT2D eigenvalue weighted by atomic mass is 10.1. The van der Waals surface area contributed by atoms with E-state index in [1.54, 1.807) is 30.3 Å². The van der Waals surface area contributed by atoms with Crippen LogP contribution in [0, 0.1) is 0 Å². The average molecular weight is 469 g/mol. The number of amides is 1. The van der Waals surface area contributed by atoms with Gasteiger partial charge in [0.1, 0.15) is 5.75 Å². The molecule has 0 fully saturated rings. The molecule has 1 heterocycles. The number of hydrogen-bond acceptors (Lipinski definition) is 6. The molecule has 0 saturated heterocycles. The summed E-state index contributed by atoms with van der Waals surface area (Å²) in [5, 5.41) is 2.91. The summed E-state index contributed by atoms with van der Waals surface area (Å²) in [7, 11) is -0.901. The van der Waals surface area contributed by atoms with E-state index in [1.165, 1.54) is 38.4 Å². The number of fused-ring (bicyclic) bond motifs is 1. The highest BCUT2D eigenvalue weighted by atomic mass is 32.2. The number of nitrogens with zero attached hydrogens (tertiary/aromatic N) is 1. The molecule has 0 bridgehead atoms. The largest absolute Gasteiger partial charge is 0.495 e. The lowest BCUT2D eigenvalue weighted by Gasteiger charge is -2.21. The van der Waals surface area contributed by atoms with E-state index in [4.69, 9.17) is 14.2 Å². The number of carbonyl (C=O) groups is 1. The van der Waals surface area contributed by atoms with Crippen molar-refractivity contribution in [3.8, 4) is 17.2 Å². The van der Waals surface area contributed by atoms with Crippen molar-refractivity contribution in [2.45, 2.75) is 17.9 Å². The van der Waals surface area contributed by atoms with Crippen LogP contribution < -0.4 is 23.8 Å². The monoisotopic (exact) mass is 468 g/mol. The van der Waals surface area contributed by atoms with Crippen LogP contribution in [0.1, 0.15) is 28.9 Å². The maximum atomic E-state index is 13.1. The molecule has 4 rings (SSSR count). The van der Waals surface area contributed by atoms with Gasteiger partial charge in [-0.25, -0.2) is 8.42 Å². The first-order chi connectivity index (χ1) is 15.8. The molecule has 8 nitrogen and oxygen atoms in total. The molecule has 172 valence electrons. The van der Waals surface area contributed by atoms with Gasteiger partial charge in [0.25, 0.3) is 15.9 Å². The summed E-state index contributed by atoms with van der Waals surface area (Å²) in [6.07, 6.45) is 0. The third-order valence-electron chi connectivity index (χ3n) is 5.44. The van der Waals surface area contributed by atoms with E-state index < -0.39 is 10.0 Å². The second-order valence-electron chi connectivity index (χ2n) is 7.48. The molecule has 0 saturated carbocycles. The van der Waals surface area contributed by atoms with Crippen LogP contribution in [0.5, 0.6) is 17.2 Å². The summed E-state index contributed by atoms with van der Waals surface area (Å²) in [5.74, 6) is 1.44. The van der Waals surface area contributed by atoms with E-state index in [1.807, 2.05) is 19.1 Å². The van der Waals surface area contributed by atoms with Crippen LogP contribution in [-0.4, -0.2) is 35.3 Å². The van der Waals surface area contributed by atoms with Gasteiger partial charge >= 0.3 is 0 Å². The first-order valence-electron chi connectivity index (χ1n) is 10.2. The van der Waals surface area contributed by atoms with Crippen molar-refractivity contribution in [2.75, 3.05) is 25.3 Å². The Morgan fingerprint density at radius 2 is 1.73 bits per heavy atom. The fraction of sp³-hybridized carbons (Fsp3) is 0.208. The van der Waals surface area contributed by atoms with Crippen LogP contribution in [-0.2, 0) is 10.0 Å². The number of benzene rings is 3. The third-order valence-corrected chi connectivity index (χ3v) is 7.23. The van der Waals surface area contributed by atoms with E-state index in [9.17, 15) is 13.2 Å². The van der Waals surface area contributed by atoms with Crippen LogP contribution in [0.15, 0.2) is 71.6 Å². The van der Waals surface area contributed by atoms with E-state index >= 15 is 0 Å². The standard InChI is InChI=1S/C24H24N2O6S/c1-16(18-10-13-22-23(14-18)32-15-31-22)25-24(27)17-8-11-19(12-9-17)33(28,29)26(2)20-6-4-5-7-21(20)30-3/h4-14,16H,15H2,1-3H3,(H,25,27). The summed E-state index contributed by atoms with van der Waals surface area (Å²) < 4.78 is 43.3. The molecule has 1 aliphatic rings. The van der Waals surface area contributed by atoms with Crippen LogP contribution >= 0.6 is 0 Å². The van der Waals surface area contributed by atoms with Gasteiger partial charge in [0, 0.05) is 12.6 Å². The molecular weight excluding hydrogens is 444 g/mol. The second-order valence-corrected chi connectivity index (χ2v) is 9.45. The van der Waals surface area contributed by atoms with E-state index in [2.05, 4.69) is 5.32 Å². The first-order valence-corrected chi connectivity index (χ1v) is 11.7. The topological polar surface area (TPSA) is 94.2 Å². The van der Waals surface area contributed by atoms with Gasteiger partial charge in [0.2, 0.25) is 6.79 Å². The summed E-state index contributed by atoms with van der Waals surface area (Å²) in [5.41, 5.74) is 1.63. The molecule has 1 amide bonds. The predicted octanol–water partition coefficient (Wildman–Crippen LogP) is 3.74. The van der Waals surface area contributed by atoms with Gasteiger partial charge in [-0.15, -0.1) is 0 Å². The molecule has 3 aromatic carbocycles. The van der Waals surface area contributed by atoms with Crippen molar-refractivity contribution in [2.24, 2.45) is 0 Å². The van der Waals surface area contributed by atoms with Gasteiger partial charge in [-0.1, -0.05) is 18.2 Å². The Labute approximate surface area is 192 Å². The molecule has 0 aliphatic carbocycles. The number of rotatable bonds is 7. The van der Waals surface area contributed by atoms with Gasteiger partial charge in [0.05, 0.1) is 23.7 Å². The highest BCUT2D eigenvalue weighted by molar-refractivity contribution is 7.92. The summed E-state index contributed by atoms with van der Waals surface area (Å²) >= 11 is 0. The summed E-state index contributed by atoms with van der Waals surface area (Å²) in [6, 6.07) is 17.9. The zero-order valence-electron chi connectivity index (χ0n) is 18.4. The minimum absolute atomic E-state index is 0.0660. The number of anilines is 1. The van der Waals surface area contributed by atoms with Gasteiger partial charge < -0.3 is 19.5 Å². The number of ether oxygens (including phenoxy) is 3. The molecule has 33 heavy (non-hydrogen) atoms. The minimum atomic E-state index is -3.84. The molecule has 9 heteroatoms. The normalized spacial score (nSPS) is 13.3. The molecule has 0 radical (unpaired) electrons. The van der Waals surface area contributed by atoms with Crippen LogP contribution in [0.2, 0.25) is 0 Å². The highest BCUT2D eigenvalue weighted by Crippen LogP contribution is 2.34. The van der Waals surface area contributed by atoms with Gasteiger partial charge in [-0.05, 0) is 61.0 Å². The molecule has 1 atom stereocenters. The van der Waals surface area contributed by atoms with Gasteiger partial charge in [-0.2, -0.15) is 0 Å².